The van der Waals surface area contributed by atoms with Crippen LogP contribution >= 0.6 is 0 Å². The Hall–Kier alpha value is -3.16. The lowest BCUT2D eigenvalue weighted by Crippen LogP contribution is -2.31. The van der Waals surface area contributed by atoms with Crippen LogP contribution < -0.4 is 15.6 Å². The van der Waals surface area contributed by atoms with E-state index in [0.29, 0.717) is 31.1 Å². The van der Waals surface area contributed by atoms with Crippen LogP contribution in [-0.2, 0) is 24.3 Å². The van der Waals surface area contributed by atoms with Crippen molar-refractivity contribution < 1.29 is 14.3 Å². The summed E-state index contributed by atoms with van der Waals surface area (Å²) >= 11 is 0. The molecule has 2 aliphatic heterocycles. The summed E-state index contributed by atoms with van der Waals surface area (Å²) in [6.07, 6.45) is 3.13. The van der Waals surface area contributed by atoms with Gasteiger partial charge in [-0.05, 0) is 24.1 Å². The lowest BCUT2D eigenvalue weighted by molar-refractivity contribution is -0.128. The van der Waals surface area contributed by atoms with E-state index in [1.165, 1.54) is 0 Å². The van der Waals surface area contributed by atoms with Crippen LogP contribution in [0.25, 0.3) is 0 Å². The lowest BCUT2D eigenvalue weighted by atomic mass is 9.86. The minimum atomic E-state index is -0.516. The Morgan fingerprint density at radius 2 is 2.14 bits per heavy atom. The van der Waals surface area contributed by atoms with E-state index in [-0.39, 0.29) is 23.4 Å². The van der Waals surface area contributed by atoms with E-state index in [4.69, 9.17) is 4.74 Å². The summed E-state index contributed by atoms with van der Waals surface area (Å²) in [5, 5.41) is 2.78. The molecule has 1 unspecified atom stereocenters. The van der Waals surface area contributed by atoms with Crippen molar-refractivity contribution in [1.82, 2.24) is 19.8 Å². The van der Waals surface area contributed by atoms with E-state index >= 15 is 0 Å². The Morgan fingerprint density at radius 3 is 2.86 bits per heavy atom. The van der Waals surface area contributed by atoms with E-state index in [1.54, 1.807) is 20.2 Å². The van der Waals surface area contributed by atoms with Gasteiger partial charge in [-0.25, -0.2) is 0 Å². The van der Waals surface area contributed by atoms with E-state index in [1.807, 2.05) is 33.7 Å². The smallest absolute Gasteiger partial charge is 0.285 e. The molecular formula is C21H24N4O4. The van der Waals surface area contributed by atoms with Gasteiger partial charge >= 0.3 is 0 Å². The van der Waals surface area contributed by atoms with Gasteiger partial charge in [0.25, 0.3) is 11.5 Å². The van der Waals surface area contributed by atoms with Gasteiger partial charge in [-0.2, -0.15) is 4.98 Å². The quantitative estimate of drug-likeness (QED) is 0.832. The number of methoxy groups -OCH3 is 1. The molecule has 29 heavy (non-hydrogen) atoms. The summed E-state index contributed by atoms with van der Waals surface area (Å²) in [6.45, 7) is 3.91. The third-order valence-corrected chi connectivity index (χ3v) is 5.83. The van der Waals surface area contributed by atoms with Crippen LogP contribution in [0.5, 0.6) is 5.75 Å². The molecule has 1 fully saturated rings. The normalized spacial score (nSPS) is 20.0. The zero-order valence-corrected chi connectivity index (χ0v) is 16.6. The van der Waals surface area contributed by atoms with Gasteiger partial charge in [0, 0.05) is 51.1 Å². The number of benzene rings is 1. The van der Waals surface area contributed by atoms with E-state index in [9.17, 15) is 14.4 Å². The van der Waals surface area contributed by atoms with Gasteiger partial charge in [-0.1, -0.05) is 12.1 Å². The third-order valence-electron chi connectivity index (χ3n) is 5.83. The molecule has 0 saturated carbocycles. The number of hydrogen-bond donors (Lipinski definition) is 1. The Labute approximate surface area is 168 Å². The first kappa shape index (κ1) is 19.2. The number of nitrogens with one attached hydrogen (secondary N) is 1. The minimum Gasteiger partial charge on any atom is -0.497 e. The summed E-state index contributed by atoms with van der Waals surface area (Å²) < 4.78 is 7.08. The predicted octanol–water partition coefficient (Wildman–Crippen LogP) is 0.977. The Kier molecular flexibility index (Phi) is 4.86. The Balaban J connectivity index is 1.48. The summed E-state index contributed by atoms with van der Waals surface area (Å²) in [7, 11) is 1.58. The molecule has 1 N–H and O–H groups in total. The highest BCUT2D eigenvalue weighted by atomic mass is 16.5. The molecule has 2 aliphatic rings. The summed E-state index contributed by atoms with van der Waals surface area (Å²) in [5.74, 6) is 1.01. The fourth-order valence-corrected chi connectivity index (χ4v) is 4.25. The fraction of sp³-hybridized carbons (Fsp3) is 0.429. The van der Waals surface area contributed by atoms with Gasteiger partial charge in [0.2, 0.25) is 5.91 Å². The Bertz CT molecular complexity index is 1030. The second-order valence-electron chi connectivity index (χ2n) is 7.91. The van der Waals surface area contributed by atoms with Crippen LogP contribution in [0.1, 0.15) is 35.1 Å². The van der Waals surface area contributed by atoms with Gasteiger partial charge in [0.05, 0.1) is 7.11 Å². The number of nitrogens with zero attached hydrogens (tertiary/aromatic N) is 3. The molecule has 2 aromatic rings. The van der Waals surface area contributed by atoms with E-state index < -0.39 is 11.5 Å². The second kappa shape index (κ2) is 7.35. The number of fused-ring (bicyclic) bond motifs is 1. The summed E-state index contributed by atoms with van der Waals surface area (Å²) in [5.41, 5.74) is 0.308. The molecule has 1 spiro atoms. The maximum absolute atomic E-state index is 12.6. The Morgan fingerprint density at radius 1 is 1.31 bits per heavy atom. The van der Waals surface area contributed by atoms with Crippen molar-refractivity contribution in [2.45, 2.75) is 32.9 Å². The number of ether oxygens (including phenoxy) is 1. The monoisotopic (exact) mass is 396 g/mol. The maximum atomic E-state index is 12.6. The summed E-state index contributed by atoms with van der Waals surface area (Å²) in [4.78, 5) is 42.7. The van der Waals surface area contributed by atoms with Crippen LogP contribution in [0.3, 0.4) is 0 Å². The number of likely N-dealkylation sites (tertiary alicyclic amines) is 1. The van der Waals surface area contributed by atoms with E-state index in [2.05, 4.69) is 10.3 Å². The van der Waals surface area contributed by atoms with Crippen LogP contribution in [-0.4, -0.2) is 46.5 Å². The van der Waals surface area contributed by atoms with Crippen molar-refractivity contribution in [3.63, 3.8) is 0 Å². The highest BCUT2D eigenvalue weighted by molar-refractivity contribution is 5.93. The number of aromatic nitrogens is 2. The number of hydrogen-bond acceptors (Lipinski definition) is 5. The molecular weight excluding hydrogens is 372 g/mol. The molecule has 4 rings (SSSR count). The van der Waals surface area contributed by atoms with Gasteiger partial charge in [0.15, 0.2) is 0 Å². The molecule has 1 aromatic heterocycles. The molecule has 3 heterocycles. The van der Waals surface area contributed by atoms with Crippen molar-refractivity contribution in [3.05, 3.63) is 57.8 Å². The third kappa shape index (κ3) is 3.74. The predicted molar refractivity (Wildman–Crippen MR) is 106 cm³/mol. The second-order valence-corrected chi connectivity index (χ2v) is 7.91. The zero-order valence-electron chi connectivity index (χ0n) is 16.6. The molecule has 8 heteroatoms. The van der Waals surface area contributed by atoms with Gasteiger partial charge in [-0.15, -0.1) is 0 Å². The van der Waals surface area contributed by atoms with Crippen LogP contribution in [0.4, 0.5) is 0 Å². The number of rotatable bonds is 4. The largest absolute Gasteiger partial charge is 0.497 e. The average Bonchev–Trinajstić information content (AvgIpc) is 3.28. The first-order valence-corrected chi connectivity index (χ1v) is 9.66. The first-order chi connectivity index (χ1) is 13.9. The molecule has 1 saturated heterocycles. The molecule has 152 valence electrons. The molecule has 0 bridgehead atoms. The number of carbonyl (C=O) groups excluding carboxylic acids is 2. The van der Waals surface area contributed by atoms with Gasteiger partial charge in [-0.3, -0.25) is 14.4 Å². The van der Waals surface area contributed by atoms with Crippen LogP contribution in [0.15, 0.2) is 35.3 Å². The topological polar surface area (TPSA) is 93.5 Å². The van der Waals surface area contributed by atoms with Crippen molar-refractivity contribution in [2.75, 3.05) is 20.2 Å². The fourth-order valence-electron chi connectivity index (χ4n) is 4.25. The van der Waals surface area contributed by atoms with Crippen LogP contribution in [0, 0.1) is 5.41 Å². The van der Waals surface area contributed by atoms with Crippen molar-refractivity contribution in [1.29, 1.82) is 0 Å². The van der Waals surface area contributed by atoms with Gasteiger partial charge in [0.1, 0.15) is 17.1 Å². The lowest BCUT2D eigenvalue weighted by Gasteiger charge is -2.22. The molecule has 0 radical (unpaired) electrons. The molecule has 8 nitrogen and oxygen atoms in total. The zero-order chi connectivity index (χ0) is 20.6. The van der Waals surface area contributed by atoms with E-state index in [0.717, 1.165) is 18.5 Å². The highest BCUT2D eigenvalue weighted by Crippen LogP contribution is 2.39. The highest BCUT2D eigenvalue weighted by Gasteiger charge is 2.44. The van der Waals surface area contributed by atoms with Crippen LogP contribution in [0.2, 0.25) is 0 Å². The number of amides is 2. The minimum absolute atomic E-state index is 0.0371. The molecule has 1 aromatic carbocycles. The molecule has 0 aliphatic carbocycles. The first-order valence-electron chi connectivity index (χ1n) is 9.66. The van der Waals surface area contributed by atoms with Crippen molar-refractivity contribution in [2.24, 2.45) is 5.41 Å². The standard InChI is InChI=1S/C21H24N4O4/c1-14(26)24-7-6-21(12-24)9-18-23-20(28)17(11-25(18)13-21)19(27)22-10-15-4-3-5-16(8-15)29-2/h3-5,8,11H,6-7,9-10,12-13H2,1-2H3,(H,22,27). The van der Waals surface area contributed by atoms with Crippen molar-refractivity contribution >= 4 is 11.8 Å². The SMILES string of the molecule is COc1cccc(CNC(=O)c2cn3c(nc2=O)CC2(CCN(C(C)=O)C2)C3)c1. The maximum Gasteiger partial charge on any atom is 0.285 e. The summed E-state index contributed by atoms with van der Waals surface area (Å²) in [6, 6.07) is 7.38. The van der Waals surface area contributed by atoms with Gasteiger partial charge < -0.3 is 19.5 Å². The number of carbonyl (C=O) groups is 2. The molecule has 1 atom stereocenters. The average molecular weight is 396 g/mol. The van der Waals surface area contributed by atoms with Crippen molar-refractivity contribution in [3.8, 4) is 5.75 Å². The molecule has 2 amide bonds.